The van der Waals surface area contributed by atoms with Crippen molar-refractivity contribution < 1.29 is 17.6 Å². The van der Waals surface area contributed by atoms with Crippen molar-refractivity contribution in [2.24, 2.45) is 0 Å². The molecule has 0 saturated carbocycles. The molecule has 3 nitrogen and oxygen atoms in total. The van der Waals surface area contributed by atoms with Crippen LogP contribution in [0.25, 0.3) is 0 Å². The van der Waals surface area contributed by atoms with E-state index in [0.29, 0.717) is 11.6 Å². The molecule has 0 fully saturated rings. The highest BCUT2D eigenvalue weighted by atomic mass is 32.1. The maximum Gasteiger partial charge on any atom is 0.431 e. The van der Waals surface area contributed by atoms with Crippen molar-refractivity contribution in [1.82, 2.24) is 9.55 Å². The highest BCUT2D eigenvalue weighted by Crippen LogP contribution is 2.26. The molecule has 0 radical (unpaired) electrons. The van der Waals surface area contributed by atoms with Gasteiger partial charge in [-0.15, -0.1) is 0 Å². The van der Waals surface area contributed by atoms with E-state index in [9.17, 15) is 22.4 Å². The predicted molar refractivity (Wildman–Crippen MR) is 66.4 cm³/mol. The lowest BCUT2D eigenvalue weighted by Gasteiger charge is -2.10. The monoisotopic (exact) mass is 304 g/mol. The summed E-state index contributed by atoms with van der Waals surface area (Å²) in [6.07, 6.45) is -4.66. The van der Waals surface area contributed by atoms with Gasteiger partial charge in [-0.05, 0) is 29.9 Å². The zero-order valence-electron chi connectivity index (χ0n) is 9.87. The van der Waals surface area contributed by atoms with Crippen LogP contribution in [-0.4, -0.2) is 9.55 Å². The summed E-state index contributed by atoms with van der Waals surface area (Å²) in [5.41, 5.74) is -1.51. The van der Waals surface area contributed by atoms with Crippen molar-refractivity contribution in [2.45, 2.75) is 12.7 Å². The first-order chi connectivity index (χ1) is 9.27. The minimum atomic E-state index is -4.66. The zero-order chi connectivity index (χ0) is 14.9. The van der Waals surface area contributed by atoms with Crippen molar-refractivity contribution >= 4 is 12.2 Å². The SMILES string of the molecule is O=c1cc(C(F)(F)F)[nH]c(=S)n1Cc1ccc(F)cc1. The first-order valence-electron chi connectivity index (χ1n) is 5.43. The van der Waals surface area contributed by atoms with Crippen LogP contribution < -0.4 is 5.56 Å². The van der Waals surface area contributed by atoms with Gasteiger partial charge in [0.15, 0.2) is 4.77 Å². The summed E-state index contributed by atoms with van der Waals surface area (Å²) < 4.78 is 50.8. The quantitative estimate of drug-likeness (QED) is 0.684. The fourth-order valence-electron chi connectivity index (χ4n) is 1.60. The number of halogens is 4. The van der Waals surface area contributed by atoms with Gasteiger partial charge in [0.25, 0.3) is 5.56 Å². The van der Waals surface area contributed by atoms with E-state index in [-0.39, 0.29) is 11.3 Å². The van der Waals surface area contributed by atoms with Gasteiger partial charge in [0.05, 0.1) is 6.54 Å². The number of aromatic nitrogens is 2. The summed E-state index contributed by atoms with van der Waals surface area (Å²) in [5.74, 6) is -0.446. The normalized spacial score (nSPS) is 11.6. The Bertz CT molecular complexity index is 700. The number of benzene rings is 1. The van der Waals surface area contributed by atoms with Crippen molar-refractivity contribution in [3.8, 4) is 0 Å². The molecule has 0 aliphatic carbocycles. The number of nitrogens with one attached hydrogen (secondary N) is 1. The van der Waals surface area contributed by atoms with E-state index in [1.807, 2.05) is 4.98 Å². The molecule has 1 N–H and O–H groups in total. The molecule has 2 rings (SSSR count). The van der Waals surface area contributed by atoms with Crippen LogP contribution in [0.4, 0.5) is 17.6 Å². The van der Waals surface area contributed by atoms with Crippen molar-refractivity contribution in [3.05, 3.63) is 62.5 Å². The average Bonchev–Trinajstić information content (AvgIpc) is 2.34. The van der Waals surface area contributed by atoms with Crippen LogP contribution in [0.5, 0.6) is 0 Å². The summed E-state index contributed by atoms with van der Waals surface area (Å²) in [4.78, 5) is 13.6. The van der Waals surface area contributed by atoms with E-state index < -0.39 is 23.2 Å². The van der Waals surface area contributed by atoms with Gasteiger partial charge in [0.2, 0.25) is 0 Å². The van der Waals surface area contributed by atoms with E-state index in [0.717, 1.165) is 4.57 Å². The summed E-state index contributed by atoms with van der Waals surface area (Å²) >= 11 is 4.75. The van der Waals surface area contributed by atoms with Gasteiger partial charge in [0.1, 0.15) is 11.5 Å². The fraction of sp³-hybridized carbons (Fsp3) is 0.167. The summed E-state index contributed by atoms with van der Waals surface area (Å²) in [6, 6.07) is 5.68. The molecule has 1 heterocycles. The van der Waals surface area contributed by atoms with Gasteiger partial charge in [-0.3, -0.25) is 9.36 Å². The minimum Gasteiger partial charge on any atom is -0.328 e. The molecule has 0 bridgehead atoms. The van der Waals surface area contributed by atoms with Crippen LogP contribution in [0.3, 0.4) is 0 Å². The van der Waals surface area contributed by atoms with Crippen LogP contribution in [0.15, 0.2) is 35.1 Å². The molecule has 0 aliphatic rings. The van der Waals surface area contributed by atoms with Gasteiger partial charge in [-0.1, -0.05) is 12.1 Å². The third-order valence-electron chi connectivity index (χ3n) is 2.58. The number of aromatic amines is 1. The van der Waals surface area contributed by atoms with E-state index >= 15 is 0 Å². The Morgan fingerprint density at radius 1 is 1.20 bits per heavy atom. The van der Waals surface area contributed by atoms with Crippen LogP contribution >= 0.6 is 12.2 Å². The third kappa shape index (κ3) is 3.13. The average molecular weight is 304 g/mol. The zero-order valence-corrected chi connectivity index (χ0v) is 10.7. The second-order valence-electron chi connectivity index (χ2n) is 4.04. The van der Waals surface area contributed by atoms with Crippen LogP contribution in [0.1, 0.15) is 11.3 Å². The molecule has 0 saturated heterocycles. The number of H-pyrrole nitrogens is 1. The first-order valence-corrected chi connectivity index (χ1v) is 5.84. The number of nitrogens with zero attached hydrogens (tertiary/aromatic N) is 1. The lowest BCUT2D eigenvalue weighted by Crippen LogP contribution is -2.25. The first kappa shape index (κ1) is 14.4. The van der Waals surface area contributed by atoms with E-state index in [1.165, 1.54) is 24.3 Å². The van der Waals surface area contributed by atoms with Crippen molar-refractivity contribution in [3.63, 3.8) is 0 Å². The molecular formula is C12H8F4N2OS. The number of hydrogen-bond acceptors (Lipinski definition) is 2. The van der Waals surface area contributed by atoms with Gasteiger partial charge in [-0.25, -0.2) is 4.39 Å². The smallest absolute Gasteiger partial charge is 0.328 e. The standard InChI is InChI=1S/C12H8F4N2OS/c13-8-3-1-7(2-4-8)6-18-10(19)5-9(12(14,15)16)17-11(18)20/h1-5H,6H2,(H,17,20). The highest BCUT2D eigenvalue weighted by molar-refractivity contribution is 7.71. The molecular weight excluding hydrogens is 296 g/mol. The Labute approximate surface area is 115 Å². The molecule has 0 aliphatic heterocycles. The Hall–Kier alpha value is -1.96. The molecule has 1 aromatic heterocycles. The Morgan fingerprint density at radius 3 is 2.30 bits per heavy atom. The highest BCUT2D eigenvalue weighted by Gasteiger charge is 2.32. The summed E-state index contributed by atoms with van der Waals surface area (Å²) in [5, 5.41) is 0. The Balaban J connectivity index is 2.41. The molecule has 106 valence electrons. The molecule has 8 heteroatoms. The predicted octanol–water partition coefficient (Wildman–Crippen LogP) is 3.11. The van der Waals surface area contributed by atoms with Gasteiger partial charge < -0.3 is 4.98 Å². The van der Waals surface area contributed by atoms with Crippen LogP contribution in [-0.2, 0) is 12.7 Å². The molecule has 20 heavy (non-hydrogen) atoms. The third-order valence-corrected chi connectivity index (χ3v) is 2.90. The lowest BCUT2D eigenvalue weighted by atomic mass is 10.2. The van der Waals surface area contributed by atoms with E-state index in [1.54, 1.807) is 0 Å². The van der Waals surface area contributed by atoms with E-state index in [2.05, 4.69) is 0 Å². The molecule has 2 aromatic rings. The summed E-state index contributed by atoms with van der Waals surface area (Å²) in [7, 11) is 0. The number of hydrogen-bond donors (Lipinski definition) is 1. The van der Waals surface area contributed by atoms with Crippen molar-refractivity contribution in [1.29, 1.82) is 0 Å². The van der Waals surface area contributed by atoms with Gasteiger partial charge >= 0.3 is 6.18 Å². The maximum atomic E-state index is 12.7. The Kier molecular flexibility index (Phi) is 3.76. The molecule has 0 atom stereocenters. The van der Waals surface area contributed by atoms with E-state index in [4.69, 9.17) is 12.2 Å². The molecule has 0 unspecified atom stereocenters. The topological polar surface area (TPSA) is 37.8 Å². The number of alkyl halides is 3. The van der Waals surface area contributed by atoms with Crippen LogP contribution in [0, 0.1) is 10.6 Å². The van der Waals surface area contributed by atoms with Gasteiger partial charge in [-0.2, -0.15) is 13.2 Å². The molecule has 0 spiro atoms. The Morgan fingerprint density at radius 2 is 1.80 bits per heavy atom. The molecule has 0 amide bonds. The summed E-state index contributed by atoms with van der Waals surface area (Å²) in [6.45, 7) is -0.0351. The maximum absolute atomic E-state index is 12.7. The number of rotatable bonds is 2. The lowest BCUT2D eigenvalue weighted by molar-refractivity contribution is -0.141. The fourth-order valence-corrected chi connectivity index (χ4v) is 1.86. The minimum absolute atomic E-state index is 0.0351. The van der Waals surface area contributed by atoms with Crippen LogP contribution in [0.2, 0.25) is 0 Å². The second-order valence-corrected chi connectivity index (χ2v) is 4.42. The van der Waals surface area contributed by atoms with Gasteiger partial charge in [0, 0.05) is 6.07 Å². The largest absolute Gasteiger partial charge is 0.431 e. The molecule has 1 aromatic carbocycles. The second kappa shape index (κ2) is 5.20. The van der Waals surface area contributed by atoms with Crippen molar-refractivity contribution in [2.75, 3.05) is 0 Å².